The molecule has 0 bridgehead atoms. The van der Waals surface area contributed by atoms with Gasteiger partial charge in [0.25, 0.3) is 11.8 Å². The number of hydrogen-bond acceptors (Lipinski definition) is 5. The number of carbonyl (C=O) groups excluding carboxylic acids is 2. The highest BCUT2D eigenvalue weighted by Gasteiger charge is 2.22. The minimum absolute atomic E-state index is 0.0120. The molecule has 0 atom stereocenters. The fourth-order valence-corrected chi connectivity index (χ4v) is 3.19. The maximum absolute atomic E-state index is 12.4. The molecular formula is C17H21Cl2N5O2. The van der Waals surface area contributed by atoms with Gasteiger partial charge in [-0.3, -0.25) is 9.59 Å². The summed E-state index contributed by atoms with van der Waals surface area (Å²) in [6, 6.07) is 4.66. The highest BCUT2D eigenvalue weighted by atomic mass is 35.5. The number of rotatable bonds is 5. The van der Waals surface area contributed by atoms with Crippen LogP contribution in [0, 0.1) is 5.41 Å². The van der Waals surface area contributed by atoms with Gasteiger partial charge in [0.1, 0.15) is 5.70 Å². The van der Waals surface area contributed by atoms with Crippen molar-refractivity contribution in [2.45, 2.75) is 18.9 Å². The average molecular weight is 398 g/mol. The van der Waals surface area contributed by atoms with Gasteiger partial charge in [-0.05, 0) is 45.1 Å². The predicted molar refractivity (Wildman–Crippen MR) is 103 cm³/mol. The zero-order valence-electron chi connectivity index (χ0n) is 14.3. The van der Waals surface area contributed by atoms with Crippen molar-refractivity contribution in [2.75, 3.05) is 20.1 Å². The molecule has 9 heteroatoms. The highest BCUT2D eigenvalue weighted by molar-refractivity contribution is 6.39. The van der Waals surface area contributed by atoms with Crippen molar-refractivity contribution >= 4 is 41.2 Å². The van der Waals surface area contributed by atoms with E-state index in [2.05, 4.69) is 15.5 Å². The molecule has 1 fully saturated rings. The van der Waals surface area contributed by atoms with Gasteiger partial charge < -0.3 is 26.7 Å². The van der Waals surface area contributed by atoms with E-state index in [0.29, 0.717) is 0 Å². The summed E-state index contributed by atoms with van der Waals surface area (Å²) >= 11 is 12.0. The van der Waals surface area contributed by atoms with Crippen LogP contribution in [0.5, 0.6) is 0 Å². The van der Waals surface area contributed by atoms with Gasteiger partial charge in [0.2, 0.25) is 0 Å². The largest absolute Gasteiger partial charge is 0.393 e. The third-order valence-corrected chi connectivity index (χ3v) is 4.80. The lowest BCUT2D eigenvalue weighted by molar-refractivity contribution is -0.118. The Balaban J connectivity index is 2.11. The van der Waals surface area contributed by atoms with E-state index >= 15 is 0 Å². The number of carbonyl (C=O) groups is 2. The molecule has 2 rings (SSSR count). The first kappa shape index (κ1) is 20.2. The number of nitrogens with one attached hydrogen (secondary N) is 3. The summed E-state index contributed by atoms with van der Waals surface area (Å²) in [5.74, 6) is -1.17. The molecule has 7 nitrogen and oxygen atoms in total. The Kier molecular flexibility index (Phi) is 7.02. The topological polar surface area (TPSA) is 111 Å². The van der Waals surface area contributed by atoms with Crippen LogP contribution < -0.4 is 16.4 Å². The zero-order chi connectivity index (χ0) is 19.3. The Morgan fingerprint density at radius 2 is 1.85 bits per heavy atom. The van der Waals surface area contributed by atoms with Crippen LogP contribution in [0.4, 0.5) is 0 Å². The van der Waals surface area contributed by atoms with E-state index in [1.165, 1.54) is 12.1 Å². The van der Waals surface area contributed by atoms with E-state index in [9.17, 15) is 9.59 Å². The van der Waals surface area contributed by atoms with Gasteiger partial charge in [0.05, 0.1) is 21.3 Å². The van der Waals surface area contributed by atoms with E-state index < -0.39 is 11.8 Å². The number of amides is 2. The summed E-state index contributed by atoms with van der Waals surface area (Å²) in [6.45, 7) is 1.77. The highest BCUT2D eigenvalue weighted by Crippen LogP contribution is 2.24. The van der Waals surface area contributed by atoms with Crippen LogP contribution in [0.2, 0.25) is 10.0 Å². The molecule has 0 aliphatic carbocycles. The third kappa shape index (κ3) is 4.97. The lowest BCUT2D eigenvalue weighted by Gasteiger charge is -2.29. The van der Waals surface area contributed by atoms with Crippen LogP contribution in [0.15, 0.2) is 29.6 Å². The number of piperidine rings is 1. The van der Waals surface area contributed by atoms with Gasteiger partial charge in [0.15, 0.2) is 0 Å². The molecule has 26 heavy (non-hydrogen) atoms. The Labute approximate surface area is 162 Å². The number of nitrogens with two attached hydrogens (primary N) is 1. The number of allylic oxidation sites excluding steroid dienone is 1. The van der Waals surface area contributed by atoms with E-state index in [1.807, 2.05) is 7.05 Å². The monoisotopic (exact) mass is 397 g/mol. The SMILES string of the molecule is CN1CCC(NC(=O)C(N)=C(C=N)NC(=O)c2c(Cl)cccc2Cl)CC1. The summed E-state index contributed by atoms with van der Waals surface area (Å²) in [5.41, 5.74) is 5.54. The number of nitrogens with zero attached hydrogens (tertiary/aromatic N) is 1. The van der Waals surface area contributed by atoms with Crippen molar-refractivity contribution in [1.29, 1.82) is 5.41 Å². The normalized spacial score (nSPS) is 16.6. The van der Waals surface area contributed by atoms with Crippen molar-refractivity contribution < 1.29 is 9.59 Å². The molecule has 0 aromatic heterocycles. The molecule has 0 radical (unpaired) electrons. The van der Waals surface area contributed by atoms with Crippen LogP contribution in [0.1, 0.15) is 23.2 Å². The summed E-state index contributed by atoms with van der Waals surface area (Å²) in [6.07, 6.45) is 2.44. The van der Waals surface area contributed by atoms with Crippen LogP contribution in [0.25, 0.3) is 0 Å². The van der Waals surface area contributed by atoms with E-state index in [1.54, 1.807) is 6.07 Å². The molecule has 1 aliphatic heterocycles. The molecule has 0 spiro atoms. The molecule has 1 aromatic rings. The molecule has 2 amide bonds. The lowest BCUT2D eigenvalue weighted by Crippen LogP contribution is -2.45. The number of hydrogen-bond donors (Lipinski definition) is 4. The number of likely N-dealkylation sites (tertiary alicyclic amines) is 1. The van der Waals surface area contributed by atoms with Gasteiger partial charge in [-0.15, -0.1) is 0 Å². The van der Waals surface area contributed by atoms with E-state index in [0.717, 1.165) is 32.1 Å². The first-order valence-corrected chi connectivity index (χ1v) is 8.84. The Hall–Kier alpha value is -2.09. The van der Waals surface area contributed by atoms with Crippen LogP contribution >= 0.6 is 23.2 Å². The first-order chi connectivity index (χ1) is 12.3. The van der Waals surface area contributed by atoms with Crippen molar-refractivity contribution in [3.63, 3.8) is 0 Å². The Morgan fingerprint density at radius 1 is 1.27 bits per heavy atom. The maximum atomic E-state index is 12.4. The van der Waals surface area contributed by atoms with Crippen molar-refractivity contribution in [1.82, 2.24) is 15.5 Å². The Bertz CT molecular complexity index is 722. The Morgan fingerprint density at radius 3 is 2.38 bits per heavy atom. The standard InChI is InChI=1S/C17H21Cl2N5O2/c1-24-7-5-10(6-8-24)22-17(26)15(21)13(9-20)23-16(25)14-11(18)3-2-4-12(14)19/h2-4,9-10,20H,5-8,21H2,1H3,(H,22,26)(H,23,25). The molecule has 0 saturated carbocycles. The van der Waals surface area contributed by atoms with E-state index in [-0.39, 0.29) is 33.0 Å². The van der Waals surface area contributed by atoms with Crippen LogP contribution in [-0.4, -0.2) is 49.1 Å². The molecule has 5 N–H and O–H groups in total. The number of benzene rings is 1. The molecular weight excluding hydrogens is 377 g/mol. The van der Waals surface area contributed by atoms with Crippen molar-refractivity contribution in [2.24, 2.45) is 5.73 Å². The quantitative estimate of drug-likeness (QED) is 0.447. The predicted octanol–water partition coefficient (Wildman–Crippen LogP) is 1.75. The summed E-state index contributed by atoms with van der Waals surface area (Å²) < 4.78 is 0. The molecule has 1 aliphatic rings. The molecule has 1 saturated heterocycles. The fourth-order valence-electron chi connectivity index (χ4n) is 2.62. The minimum atomic E-state index is -0.644. The summed E-state index contributed by atoms with van der Waals surface area (Å²) in [4.78, 5) is 26.9. The van der Waals surface area contributed by atoms with Crippen molar-refractivity contribution in [3.8, 4) is 0 Å². The van der Waals surface area contributed by atoms with Crippen molar-refractivity contribution in [3.05, 3.63) is 45.2 Å². The van der Waals surface area contributed by atoms with Gasteiger partial charge >= 0.3 is 0 Å². The lowest BCUT2D eigenvalue weighted by atomic mass is 10.1. The summed E-state index contributed by atoms with van der Waals surface area (Å²) in [7, 11) is 2.02. The fraction of sp³-hybridized carbons (Fsp3) is 0.353. The maximum Gasteiger partial charge on any atom is 0.269 e. The van der Waals surface area contributed by atoms with Gasteiger partial charge in [-0.1, -0.05) is 29.3 Å². The number of halogens is 2. The molecule has 140 valence electrons. The van der Waals surface area contributed by atoms with Crippen LogP contribution in [-0.2, 0) is 4.79 Å². The van der Waals surface area contributed by atoms with Gasteiger partial charge in [0, 0.05) is 12.3 Å². The van der Waals surface area contributed by atoms with Crippen LogP contribution in [0.3, 0.4) is 0 Å². The average Bonchev–Trinajstić information content (AvgIpc) is 2.60. The first-order valence-electron chi connectivity index (χ1n) is 8.08. The third-order valence-electron chi connectivity index (χ3n) is 4.17. The smallest absolute Gasteiger partial charge is 0.269 e. The van der Waals surface area contributed by atoms with Gasteiger partial charge in [-0.2, -0.15) is 0 Å². The molecule has 1 heterocycles. The second-order valence-corrected chi connectivity index (χ2v) is 6.89. The molecule has 0 unspecified atom stereocenters. The summed E-state index contributed by atoms with van der Waals surface area (Å²) in [5, 5.41) is 13.0. The second-order valence-electron chi connectivity index (χ2n) is 6.07. The zero-order valence-corrected chi connectivity index (χ0v) is 15.8. The van der Waals surface area contributed by atoms with E-state index in [4.69, 9.17) is 34.3 Å². The molecule has 1 aromatic carbocycles. The minimum Gasteiger partial charge on any atom is -0.393 e. The second kappa shape index (κ2) is 9.02. The van der Waals surface area contributed by atoms with Gasteiger partial charge in [-0.25, -0.2) is 0 Å².